The molecule has 100 valence electrons. The molecule has 0 amide bonds. The van der Waals surface area contributed by atoms with Crippen molar-refractivity contribution in [1.29, 1.82) is 0 Å². The van der Waals surface area contributed by atoms with Gasteiger partial charge in [-0.15, -0.1) is 0 Å². The van der Waals surface area contributed by atoms with Gasteiger partial charge in [0.15, 0.2) is 0 Å². The van der Waals surface area contributed by atoms with E-state index in [1.54, 1.807) is 0 Å². The van der Waals surface area contributed by atoms with Gasteiger partial charge in [-0.2, -0.15) is 0 Å². The molecule has 1 unspecified atom stereocenters. The zero-order chi connectivity index (χ0) is 13.7. The van der Waals surface area contributed by atoms with Crippen LogP contribution in [0.5, 0.6) is 0 Å². The Morgan fingerprint density at radius 3 is 2.60 bits per heavy atom. The van der Waals surface area contributed by atoms with Crippen LogP contribution < -0.4 is 0 Å². The Labute approximate surface area is 118 Å². The van der Waals surface area contributed by atoms with Gasteiger partial charge in [-0.25, -0.2) is 0 Å². The van der Waals surface area contributed by atoms with Gasteiger partial charge in [-0.3, -0.25) is 0 Å². The number of aliphatic hydroxyl groups is 1. The third kappa shape index (κ3) is 1.60. The van der Waals surface area contributed by atoms with Crippen LogP contribution in [0.2, 0.25) is 0 Å². The van der Waals surface area contributed by atoms with Crippen LogP contribution in [-0.4, -0.2) is 5.11 Å². The molecule has 1 aliphatic rings. The quantitative estimate of drug-likeness (QED) is 0.590. The normalized spacial score (nSPS) is 22.1. The van der Waals surface area contributed by atoms with Gasteiger partial charge in [0, 0.05) is 0 Å². The molecular weight excluding hydrogens is 244 g/mol. The molecule has 3 aromatic carbocycles. The average Bonchev–Trinajstić information content (AvgIpc) is 2.46. The topological polar surface area (TPSA) is 20.2 Å². The van der Waals surface area contributed by atoms with Gasteiger partial charge >= 0.3 is 0 Å². The van der Waals surface area contributed by atoms with Crippen molar-refractivity contribution >= 4 is 21.5 Å². The van der Waals surface area contributed by atoms with Crippen molar-refractivity contribution in [3.8, 4) is 0 Å². The number of fused-ring (bicyclic) bond motifs is 5. The van der Waals surface area contributed by atoms with Gasteiger partial charge in [-0.05, 0) is 58.9 Å². The minimum atomic E-state index is -0.673. The molecule has 0 saturated heterocycles. The monoisotopic (exact) mass is 262 g/mol. The highest BCUT2D eigenvalue weighted by molar-refractivity contribution is 6.08. The summed E-state index contributed by atoms with van der Waals surface area (Å²) in [5, 5.41) is 15.8. The third-order valence-electron chi connectivity index (χ3n) is 4.71. The minimum absolute atomic E-state index is 0.673. The van der Waals surface area contributed by atoms with E-state index >= 15 is 0 Å². The van der Waals surface area contributed by atoms with Crippen LogP contribution in [0.25, 0.3) is 21.5 Å². The Balaban J connectivity index is 2.13. The molecule has 1 atom stereocenters. The third-order valence-corrected chi connectivity index (χ3v) is 4.71. The van der Waals surface area contributed by atoms with Crippen LogP contribution >= 0.6 is 0 Å². The molecule has 1 nitrogen and oxygen atoms in total. The lowest BCUT2D eigenvalue weighted by Crippen LogP contribution is -2.26. The first-order valence-electron chi connectivity index (χ1n) is 7.33. The first-order chi connectivity index (χ1) is 9.67. The molecule has 1 aliphatic carbocycles. The fourth-order valence-corrected chi connectivity index (χ4v) is 3.67. The maximum absolute atomic E-state index is 10.6. The lowest BCUT2D eigenvalue weighted by molar-refractivity contribution is 0.0390. The van der Waals surface area contributed by atoms with Gasteiger partial charge in [0.25, 0.3) is 0 Å². The molecule has 0 spiro atoms. The van der Waals surface area contributed by atoms with Gasteiger partial charge in [0.2, 0.25) is 0 Å². The highest BCUT2D eigenvalue weighted by Gasteiger charge is 2.30. The van der Waals surface area contributed by atoms with E-state index in [2.05, 4.69) is 48.5 Å². The van der Waals surface area contributed by atoms with E-state index in [0.717, 1.165) is 24.8 Å². The highest BCUT2D eigenvalue weighted by atomic mass is 16.3. The summed E-state index contributed by atoms with van der Waals surface area (Å²) in [7, 11) is 0. The average molecular weight is 262 g/mol. The Morgan fingerprint density at radius 2 is 1.70 bits per heavy atom. The summed E-state index contributed by atoms with van der Waals surface area (Å²) in [5.74, 6) is 0. The van der Waals surface area contributed by atoms with Crippen molar-refractivity contribution < 1.29 is 5.11 Å². The maximum Gasteiger partial charge on any atom is 0.0871 e. The van der Waals surface area contributed by atoms with E-state index in [1.165, 1.54) is 27.1 Å². The lowest BCUT2D eigenvalue weighted by Gasteiger charge is -2.32. The molecule has 1 N–H and O–H groups in total. The van der Waals surface area contributed by atoms with Crippen LogP contribution in [0.3, 0.4) is 0 Å². The van der Waals surface area contributed by atoms with E-state index in [1.807, 2.05) is 6.92 Å². The molecule has 4 rings (SSSR count). The second-order valence-electron chi connectivity index (χ2n) is 6.10. The molecule has 0 fully saturated rings. The summed E-state index contributed by atoms with van der Waals surface area (Å²) in [6.07, 6.45) is 2.99. The maximum atomic E-state index is 10.6. The first kappa shape index (κ1) is 11.9. The van der Waals surface area contributed by atoms with Gasteiger partial charge in [0.1, 0.15) is 0 Å². The minimum Gasteiger partial charge on any atom is -0.385 e. The highest BCUT2D eigenvalue weighted by Crippen LogP contribution is 2.39. The van der Waals surface area contributed by atoms with Crippen molar-refractivity contribution in [2.24, 2.45) is 0 Å². The number of benzene rings is 3. The summed E-state index contributed by atoms with van der Waals surface area (Å²) in [6.45, 7) is 1.94. The summed E-state index contributed by atoms with van der Waals surface area (Å²) >= 11 is 0. The summed E-state index contributed by atoms with van der Waals surface area (Å²) in [6, 6.07) is 17.2. The second-order valence-corrected chi connectivity index (χ2v) is 6.10. The molecule has 0 saturated carbocycles. The molecule has 20 heavy (non-hydrogen) atoms. The zero-order valence-corrected chi connectivity index (χ0v) is 11.7. The molecule has 0 aliphatic heterocycles. The Morgan fingerprint density at radius 1 is 0.900 bits per heavy atom. The Kier molecular flexibility index (Phi) is 2.42. The van der Waals surface area contributed by atoms with Crippen molar-refractivity contribution in [3.05, 3.63) is 59.7 Å². The summed E-state index contributed by atoms with van der Waals surface area (Å²) < 4.78 is 0. The van der Waals surface area contributed by atoms with Crippen molar-refractivity contribution in [3.63, 3.8) is 0 Å². The second kappa shape index (κ2) is 4.07. The van der Waals surface area contributed by atoms with Crippen molar-refractivity contribution in [2.45, 2.75) is 31.8 Å². The smallest absolute Gasteiger partial charge is 0.0871 e. The Hall–Kier alpha value is -1.86. The van der Waals surface area contributed by atoms with Crippen molar-refractivity contribution in [1.82, 2.24) is 0 Å². The first-order valence-corrected chi connectivity index (χ1v) is 7.33. The van der Waals surface area contributed by atoms with Gasteiger partial charge in [-0.1, -0.05) is 48.5 Å². The van der Waals surface area contributed by atoms with E-state index in [0.29, 0.717) is 0 Å². The largest absolute Gasteiger partial charge is 0.385 e. The van der Waals surface area contributed by atoms with E-state index < -0.39 is 5.60 Å². The fourth-order valence-electron chi connectivity index (χ4n) is 3.67. The molecular formula is C19H18O. The molecule has 3 aromatic rings. The molecule has 1 heteroatoms. The predicted molar refractivity (Wildman–Crippen MR) is 84.0 cm³/mol. The standard InChI is InChI=1S/C19H18O/c1-19(20)12-4-7-17-16-9-8-13-5-2-3-6-14(13)15(16)10-11-18(17)19/h2-3,5-6,8-11,20H,4,7,12H2,1H3. The Bertz CT molecular complexity index is 814. The predicted octanol–water partition coefficient (Wildman–Crippen LogP) is 4.54. The molecule has 0 aromatic heterocycles. The van der Waals surface area contributed by atoms with Crippen LogP contribution in [0.4, 0.5) is 0 Å². The molecule has 0 bridgehead atoms. The summed E-state index contributed by atoms with van der Waals surface area (Å²) in [4.78, 5) is 0. The van der Waals surface area contributed by atoms with E-state index in [9.17, 15) is 5.11 Å². The number of hydrogen-bond donors (Lipinski definition) is 1. The van der Waals surface area contributed by atoms with Gasteiger partial charge < -0.3 is 5.11 Å². The van der Waals surface area contributed by atoms with E-state index in [4.69, 9.17) is 0 Å². The number of rotatable bonds is 0. The molecule has 0 radical (unpaired) electrons. The van der Waals surface area contributed by atoms with Crippen molar-refractivity contribution in [2.75, 3.05) is 0 Å². The lowest BCUT2D eigenvalue weighted by atomic mass is 9.78. The van der Waals surface area contributed by atoms with Gasteiger partial charge in [0.05, 0.1) is 5.60 Å². The number of hydrogen-bond acceptors (Lipinski definition) is 1. The van der Waals surface area contributed by atoms with Crippen LogP contribution in [0, 0.1) is 0 Å². The zero-order valence-electron chi connectivity index (χ0n) is 11.7. The number of aryl methyl sites for hydroxylation is 1. The SMILES string of the molecule is CC1(O)CCCc2c1ccc1c2ccc2ccccc21. The van der Waals surface area contributed by atoms with Crippen LogP contribution in [-0.2, 0) is 12.0 Å². The van der Waals surface area contributed by atoms with Crippen LogP contribution in [0.1, 0.15) is 30.9 Å². The van der Waals surface area contributed by atoms with E-state index in [-0.39, 0.29) is 0 Å². The fraction of sp³-hybridized carbons (Fsp3) is 0.263. The summed E-state index contributed by atoms with van der Waals surface area (Å²) in [5.41, 5.74) is 1.78. The van der Waals surface area contributed by atoms with Crippen LogP contribution in [0.15, 0.2) is 48.5 Å². The molecule has 0 heterocycles.